The standard InChI is InChI=1S/C33H46N2O5S/c1-6-9-13-18-40-32(39)27-26-19-22(4)33(41-26)28(27)30(37)35(25(21-36)20-24-15-11-10-12-16-24)29(33)31(38)34(17-8-3)23(5)14-7-2/h6,8,10-12,15-16,22-23,25-29,36H,1,3,7,9,13-14,17-21H2,2,4-5H3/t22?,23?,25-,26-,27+,28+,29?,33?/m1/s1. The van der Waals surface area contributed by atoms with E-state index in [0.717, 1.165) is 31.2 Å². The summed E-state index contributed by atoms with van der Waals surface area (Å²) < 4.78 is 4.95. The van der Waals surface area contributed by atoms with Gasteiger partial charge in [0, 0.05) is 17.8 Å². The van der Waals surface area contributed by atoms with E-state index in [1.807, 2.05) is 42.2 Å². The highest BCUT2D eigenvalue weighted by atomic mass is 32.2. The quantitative estimate of drug-likeness (QED) is 0.184. The van der Waals surface area contributed by atoms with Gasteiger partial charge in [-0.1, -0.05) is 62.8 Å². The third kappa shape index (κ3) is 5.74. The number of ether oxygens (including phenoxy) is 1. The Labute approximate surface area is 249 Å². The molecule has 3 aliphatic heterocycles. The van der Waals surface area contributed by atoms with Gasteiger partial charge in [-0.3, -0.25) is 14.4 Å². The van der Waals surface area contributed by atoms with Crippen molar-refractivity contribution in [2.45, 2.75) is 87.4 Å². The predicted molar refractivity (Wildman–Crippen MR) is 163 cm³/mol. The zero-order valence-electron chi connectivity index (χ0n) is 24.7. The Bertz CT molecular complexity index is 1110. The average Bonchev–Trinajstić information content (AvgIpc) is 3.56. The number of thioether (sulfide) groups is 1. The van der Waals surface area contributed by atoms with E-state index >= 15 is 0 Å². The fourth-order valence-electron chi connectivity index (χ4n) is 7.39. The van der Waals surface area contributed by atoms with E-state index in [1.165, 1.54) is 0 Å². The summed E-state index contributed by atoms with van der Waals surface area (Å²) in [4.78, 5) is 46.4. The van der Waals surface area contributed by atoms with Crippen molar-refractivity contribution in [3.63, 3.8) is 0 Å². The maximum atomic E-state index is 14.7. The molecule has 7 nitrogen and oxygen atoms in total. The molecule has 8 heteroatoms. The molecular weight excluding hydrogens is 536 g/mol. The van der Waals surface area contributed by atoms with E-state index in [2.05, 4.69) is 27.0 Å². The number of nitrogens with zero attached hydrogens (tertiary/aromatic N) is 2. The molecule has 8 atom stereocenters. The van der Waals surface area contributed by atoms with Crippen molar-refractivity contribution < 1.29 is 24.2 Å². The van der Waals surface area contributed by atoms with Gasteiger partial charge >= 0.3 is 5.97 Å². The van der Waals surface area contributed by atoms with E-state index in [-0.39, 0.29) is 48.2 Å². The molecule has 3 fully saturated rings. The van der Waals surface area contributed by atoms with Gasteiger partial charge in [0.15, 0.2) is 0 Å². The number of allylic oxidation sites excluding steroid dienone is 1. The van der Waals surface area contributed by atoms with E-state index in [9.17, 15) is 19.5 Å². The number of amides is 2. The summed E-state index contributed by atoms with van der Waals surface area (Å²) in [6.45, 7) is 14.3. The number of hydrogen-bond donors (Lipinski definition) is 1. The highest BCUT2D eigenvalue weighted by Gasteiger charge is 2.77. The van der Waals surface area contributed by atoms with E-state index in [4.69, 9.17) is 4.74 Å². The van der Waals surface area contributed by atoms with E-state index in [1.54, 1.807) is 28.8 Å². The van der Waals surface area contributed by atoms with Crippen LogP contribution in [0.4, 0.5) is 0 Å². The summed E-state index contributed by atoms with van der Waals surface area (Å²) in [5, 5.41) is 10.6. The molecule has 3 aliphatic rings. The smallest absolute Gasteiger partial charge is 0.310 e. The van der Waals surface area contributed by atoms with Crippen LogP contribution in [0.3, 0.4) is 0 Å². The second-order valence-corrected chi connectivity index (χ2v) is 13.4. The molecule has 224 valence electrons. The fourth-order valence-corrected chi connectivity index (χ4v) is 9.78. The van der Waals surface area contributed by atoms with E-state index < -0.39 is 28.7 Å². The number of aliphatic hydroxyl groups excluding tert-OH is 1. The summed E-state index contributed by atoms with van der Waals surface area (Å²) in [7, 11) is 0. The molecule has 3 saturated heterocycles. The number of aliphatic hydroxyl groups is 1. The van der Waals surface area contributed by atoms with Crippen molar-refractivity contribution in [3.05, 3.63) is 61.2 Å². The van der Waals surface area contributed by atoms with Gasteiger partial charge in [-0.05, 0) is 50.5 Å². The van der Waals surface area contributed by atoms with Crippen molar-refractivity contribution >= 4 is 29.5 Å². The Balaban J connectivity index is 1.77. The third-order valence-electron chi connectivity index (χ3n) is 9.25. The summed E-state index contributed by atoms with van der Waals surface area (Å²) in [5.41, 5.74) is 0.977. The molecule has 3 heterocycles. The van der Waals surface area contributed by atoms with Gasteiger partial charge in [-0.2, -0.15) is 0 Å². The minimum Gasteiger partial charge on any atom is -0.465 e. The third-order valence-corrected chi connectivity index (χ3v) is 11.3. The predicted octanol–water partition coefficient (Wildman–Crippen LogP) is 4.64. The molecule has 2 bridgehead atoms. The molecule has 1 spiro atoms. The number of rotatable bonds is 15. The normalized spacial score (nSPS) is 29.6. The molecule has 0 saturated carbocycles. The first-order chi connectivity index (χ1) is 19.8. The Morgan fingerprint density at radius 2 is 2.00 bits per heavy atom. The summed E-state index contributed by atoms with van der Waals surface area (Å²) in [5.74, 6) is -1.91. The van der Waals surface area contributed by atoms with Crippen molar-refractivity contribution in [2.24, 2.45) is 17.8 Å². The number of unbranched alkanes of at least 4 members (excludes halogenated alkanes) is 1. The second kappa shape index (κ2) is 13.6. The van der Waals surface area contributed by atoms with Crippen molar-refractivity contribution in [1.29, 1.82) is 0 Å². The minimum atomic E-state index is -0.788. The number of carbonyl (C=O) groups is 3. The lowest BCUT2D eigenvalue weighted by atomic mass is 9.66. The molecule has 4 rings (SSSR count). The second-order valence-electron chi connectivity index (χ2n) is 11.8. The van der Waals surface area contributed by atoms with Crippen LogP contribution in [0.5, 0.6) is 0 Å². The molecule has 4 unspecified atom stereocenters. The number of esters is 1. The minimum absolute atomic E-state index is 0.0378. The first kappa shape index (κ1) is 31.4. The van der Waals surface area contributed by atoms with Crippen LogP contribution in [0.2, 0.25) is 0 Å². The Morgan fingerprint density at radius 1 is 1.27 bits per heavy atom. The molecule has 0 aromatic heterocycles. The maximum Gasteiger partial charge on any atom is 0.310 e. The topological polar surface area (TPSA) is 87.1 Å². The van der Waals surface area contributed by atoms with Gasteiger partial charge in [-0.25, -0.2) is 0 Å². The monoisotopic (exact) mass is 582 g/mol. The first-order valence-electron chi connectivity index (χ1n) is 15.1. The van der Waals surface area contributed by atoms with Gasteiger partial charge in [0.05, 0.1) is 35.8 Å². The number of carbonyl (C=O) groups excluding carboxylic acids is 3. The van der Waals surface area contributed by atoms with Gasteiger partial charge in [-0.15, -0.1) is 24.9 Å². The van der Waals surface area contributed by atoms with Gasteiger partial charge in [0.25, 0.3) is 0 Å². The lowest BCUT2D eigenvalue weighted by Gasteiger charge is -2.43. The largest absolute Gasteiger partial charge is 0.465 e. The Morgan fingerprint density at radius 3 is 2.63 bits per heavy atom. The molecule has 1 N–H and O–H groups in total. The van der Waals surface area contributed by atoms with Crippen LogP contribution in [0, 0.1) is 17.8 Å². The molecule has 1 aromatic rings. The SMILES string of the molecule is C=CCCCOC(=O)[C@@H]1[C@H]2C(=O)N([C@@H](CO)Cc3ccccc3)C(C(=O)N(CC=C)C(C)CCC)C23S[C@@H]1CC3C. The Kier molecular flexibility index (Phi) is 10.4. The van der Waals surface area contributed by atoms with Crippen LogP contribution >= 0.6 is 11.8 Å². The van der Waals surface area contributed by atoms with Crippen molar-refractivity contribution in [1.82, 2.24) is 9.80 Å². The molecule has 41 heavy (non-hydrogen) atoms. The highest BCUT2D eigenvalue weighted by Crippen LogP contribution is 2.69. The van der Waals surface area contributed by atoms with Crippen LogP contribution in [0.25, 0.3) is 0 Å². The number of likely N-dealkylation sites (tertiary alicyclic amines) is 1. The first-order valence-corrected chi connectivity index (χ1v) is 16.0. The van der Waals surface area contributed by atoms with Crippen LogP contribution < -0.4 is 0 Å². The van der Waals surface area contributed by atoms with Crippen molar-refractivity contribution in [2.75, 3.05) is 19.8 Å². The lowest BCUT2D eigenvalue weighted by molar-refractivity contribution is -0.155. The summed E-state index contributed by atoms with van der Waals surface area (Å²) in [6, 6.07) is 8.31. The average molecular weight is 583 g/mol. The summed E-state index contributed by atoms with van der Waals surface area (Å²) >= 11 is 1.64. The maximum absolute atomic E-state index is 14.7. The zero-order valence-corrected chi connectivity index (χ0v) is 25.6. The zero-order chi connectivity index (χ0) is 29.7. The van der Waals surface area contributed by atoms with Crippen LogP contribution in [-0.2, 0) is 25.5 Å². The number of benzene rings is 1. The van der Waals surface area contributed by atoms with Gasteiger partial charge in [0.1, 0.15) is 6.04 Å². The molecule has 1 aromatic carbocycles. The van der Waals surface area contributed by atoms with Gasteiger partial charge < -0.3 is 19.6 Å². The highest BCUT2D eigenvalue weighted by molar-refractivity contribution is 8.02. The molecule has 2 amide bonds. The Hall–Kier alpha value is -2.58. The summed E-state index contributed by atoms with van der Waals surface area (Å²) in [6.07, 6.45) is 7.87. The molecular formula is C33H46N2O5S. The molecule has 0 radical (unpaired) electrons. The number of hydrogen-bond acceptors (Lipinski definition) is 6. The van der Waals surface area contributed by atoms with Crippen LogP contribution in [0.15, 0.2) is 55.6 Å². The van der Waals surface area contributed by atoms with Crippen LogP contribution in [0.1, 0.15) is 58.4 Å². The fraction of sp³-hybridized carbons (Fsp3) is 0.606. The van der Waals surface area contributed by atoms with E-state index in [0.29, 0.717) is 19.4 Å². The lowest BCUT2D eigenvalue weighted by Crippen LogP contribution is -2.60. The number of fused-ring (bicyclic) bond motifs is 1. The van der Waals surface area contributed by atoms with Gasteiger partial charge in [0.2, 0.25) is 11.8 Å². The molecule has 0 aliphatic carbocycles. The van der Waals surface area contributed by atoms with Crippen molar-refractivity contribution in [3.8, 4) is 0 Å². The van der Waals surface area contributed by atoms with Crippen LogP contribution in [-0.4, -0.2) is 80.6 Å².